The van der Waals surface area contributed by atoms with Gasteiger partial charge in [-0.1, -0.05) is 12.1 Å². The van der Waals surface area contributed by atoms with Gasteiger partial charge in [0.15, 0.2) is 11.6 Å². The molecule has 0 saturated carbocycles. The lowest BCUT2D eigenvalue weighted by Gasteiger charge is -2.06. The number of nitrogens with one attached hydrogen (secondary N) is 2. The summed E-state index contributed by atoms with van der Waals surface area (Å²) in [6.07, 6.45) is 3.00. The number of benzene rings is 2. The molecule has 0 atom stereocenters. The van der Waals surface area contributed by atoms with Gasteiger partial charge in [-0.05, 0) is 42.5 Å². The smallest absolute Gasteiger partial charge is 0.267 e. The van der Waals surface area contributed by atoms with Gasteiger partial charge in [0, 0.05) is 17.3 Å². The maximum Gasteiger partial charge on any atom is 0.267 e. The second-order valence-electron chi connectivity index (χ2n) is 7.52. The number of rotatable bonds is 6. The average molecular weight is 462 g/mol. The fourth-order valence-electron chi connectivity index (χ4n) is 3.66. The lowest BCUT2D eigenvalue weighted by Crippen LogP contribution is -2.13. The van der Waals surface area contributed by atoms with Gasteiger partial charge in [-0.25, -0.2) is 23.1 Å². The first-order chi connectivity index (χ1) is 16.4. The highest BCUT2D eigenvalue weighted by Crippen LogP contribution is 2.32. The van der Waals surface area contributed by atoms with Gasteiger partial charge in [-0.3, -0.25) is 9.20 Å². The van der Waals surface area contributed by atoms with Crippen LogP contribution in [0.4, 0.5) is 18.9 Å². The quantitative estimate of drug-likeness (QED) is 0.345. The number of halogens is 3. The molecule has 0 saturated heterocycles. The SMILES string of the molecule is NC(=O)c1cnc2ccc(-c3nc(CNc4ccccc4F)[nH]c3-c3ccc(F)c(F)c3)cn12. The predicted molar refractivity (Wildman–Crippen MR) is 120 cm³/mol. The molecule has 1 amide bonds. The summed E-state index contributed by atoms with van der Waals surface area (Å²) in [5.41, 5.74) is 8.19. The van der Waals surface area contributed by atoms with Gasteiger partial charge in [0.2, 0.25) is 0 Å². The maximum atomic E-state index is 14.0. The normalized spacial score (nSPS) is 11.1. The van der Waals surface area contributed by atoms with Crippen molar-refractivity contribution in [2.75, 3.05) is 5.32 Å². The number of hydrogen-bond donors (Lipinski definition) is 3. The zero-order valence-corrected chi connectivity index (χ0v) is 17.5. The molecule has 170 valence electrons. The van der Waals surface area contributed by atoms with E-state index in [2.05, 4.69) is 20.3 Å². The summed E-state index contributed by atoms with van der Waals surface area (Å²) in [4.78, 5) is 23.6. The second-order valence-corrected chi connectivity index (χ2v) is 7.52. The molecule has 0 spiro atoms. The molecule has 4 N–H and O–H groups in total. The zero-order chi connectivity index (χ0) is 23.8. The minimum absolute atomic E-state index is 0.136. The van der Waals surface area contributed by atoms with Crippen molar-refractivity contribution in [2.45, 2.75) is 6.54 Å². The second kappa shape index (κ2) is 8.39. The predicted octanol–water partition coefficient (Wildman–Crippen LogP) is 4.52. The summed E-state index contributed by atoms with van der Waals surface area (Å²) in [6.45, 7) is 0.136. The molecule has 0 radical (unpaired) electrons. The van der Waals surface area contributed by atoms with Crippen LogP contribution in [0.25, 0.3) is 28.2 Å². The number of hydrogen-bond acceptors (Lipinski definition) is 4. The molecule has 0 unspecified atom stereocenters. The monoisotopic (exact) mass is 462 g/mol. The number of anilines is 1. The van der Waals surface area contributed by atoms with Crippen molar-refractivity contribution in [1.29, 1.82) is 0 Å². The van der Waals surface area contributed by atoms with Crippen LogP contribution in [0.5, 0.6) is 0 Å². The average Bonchev–Trinajstić information content (AvgIpc) is 3.44. The third kappa shape index (κ3) is 3.85. The van der Waals surface area contributed by atoms with Crippen molar-refractivity contribution in [2.24, 2.45) is 5.73 Å². The van der Waals surface area contributed by atoms with Crippen LogP contribution in [-0.2, 0) is 6.54 Å². The first kappa shape index (κ1) is 21.3. The largest absolute Gasteiger partial charge is 0.375 e. The fraction of sp³-hybridized carbons (Fsp3) is 0.0417. The van der Waals surface area contributed by atoms with E-state index in [1.54, 1.807) is 36.5 Å². The van der Waals surface area contributed by atoms with E-state index < -0.39 is 23.4 Å². The first-order valence-corrected chi connectivity index (χ1v) is 10.2. The number of nitrogens with zero attached hydrogens (tertiary/aromatic N) is 3. The lowest BCUT2D eigenvalue weighted by molar-refractivity contribution is 0.0994. The molecule has 0 bridgehead atoms. The highest BCUT2D eigenvalue weighted by atomic mass is 19.2. The van der Waals surface area contributed by atoms with Crippen molar-refractivity contribution < 1.29 is 18.0 Å². The number of aromatic nitrogens is 4. The summed E-state index contributed by atoms with van der Waals surface area (Å²) < 4.78 is 43.1. The number of aromatic amines is 1. The molecule has 0 aliphatic carbocycles. The minimum Gasteiger partial charge on any atom is -0.375 e. The van der Waals surface area contributed by atoms with E-state index in [4.69, 9.17) is 5.73 Å². The molecular formula is C24H17F3N6O. The molecule has 2 aromatic carbocycles. The minimum atomic E-state index is -1.01. The zero-order valence-electron chi connectivity index (χ0n) is 17.5. The Kier molecular flexibility index (Phi) is 5.25. The Balaban J connectivity index is 1.60. The highest BCUT2D eigenvalue weighted by Gasteiger charge is 2.18. The number of fused-ring (bicyclic) bond motifs is 1. The number of imidazole rings is 2. The van der Waals surface area contributed by atoms with Crippen molar-refractivity contribution in [3.63, 3.8) is 0 Å². The van der Waals surface area contributed by atoms with Gasteiger partial charge < -0.3 is 16.0 Å². The third-order valence-electron chi connectivity index (χ3n) is 5.31. The summed E-state index contributed by atoms with van der Waals surface area (Å²) in [5, 5.41) is 2.96. The summed E-state index contributed by atoms with van der Waals surface area (Å²) in [5.74, 6) is -2.62. The lowest BCUT2D eigenvalue weighted by atomic mass is 10.1. The number of carbonyl (C=O) groups is 1. The standard InChI is InChI=1S/C24H17F3N6O/c25-15-7-5-13(9-17(15)27)22-23(14-6-8-21-30-10-19(24(28)34)33(21)12-14)32-20(31-22)11-29-18-4-2-1-3-16(18)26/h1-10,12,29H,11H2,(H2,28,34)(H,31,32). The Labute approximate surface area is 191 Å². The number of pyridine rings is 1. The van der Waals surface area contributed by atoms with Gasteiger partial charge in [0.05, 0.1) is 29.8 Å². The van der Waals surface area contributed by atoms with Crippen molar-refractivity contribution >= 4 is 17.2 Å². The Hall–Kier alpha value is -4.60. The molecular weight excluding hydrogens is 445 g/mol. The third-order valence-corrected chi connectivity index (χ3v) is 5.31. The molecule has 7 nitrogen and oxygen atoms in total. The molecule has 34 heavy (non-hydrogen) atoms. The van der Waals surface area contributed by atoms with Gasteiger partial charge in [0.25, 0.3) is 5.91 Å². The summed E-state index contributed by atoms with van der Waals surface area (Å²) in [6, 6.07) is 13.1. The molecule has 3 aromatic heterocycles. The van der Waals surface area contributed by atoms with E-state index in [-0.39, 0.29) is 12.2 Å². The van der Waals surface area contributed by atoms with Crippen LogP contribution in [0.2, 0.25) is 0 Å². The Morgan fingerprint density at radius 3 is 2.56 bits per heavy atom. The van der Waals surface area contributed by atoms with Crippen LogP contribution in [0.15, 0.2) is 67.0 Å². The number of para-hydroxylation sites is 1. The van der Waals surface area contributed by atoms with Crippen molar-refractivity contribution in [1.82, 2.24) is 19.4 Å². The molecule has 0 fully saturated rings. The van der Waals surface area contributed by atoms with Crippen molar-refractivity contribution in [3.8, 4) is 22.5 Å². The Morgan fingerprint density at radius 1 is 1.00 bits per heavy atom. The van der Waals surface area contributed by atoms with Gasteiger partial charge in [-0.15, -0.1) is 0 Å². The maximum absolute atomic E-state index is 14.0. The molecule has 5 aromatic rings. The number of carbonyl (C=O) groups excluding carboxylic acids is 1. The van der Waals surface area contributed by atoms with Crippen LogP contribution >= 0.6 is 0 Å². The number of nitrogens with two attached hydrogens (primary N) is 1. The summed E-state index contributed by atoms with van der Waals surface area (Å²) >= 11 is 0. The van der Waals surface area contributed by atoms with E-state index in [9.17, 15) is 18.0 Å². The molecule has 0 aliphatic heterocycles. The molecule has 3 heterocycles. The number of primary amides is 1. The van der Waals surface area contributed by atoms with Crippen molar-refractivity contribution in [3.05, 3.63) is 96.0 Å². The van der Waals surface area contributed by atoms with E-state index in [1.807, 2.05) is 0 Å². The van der Waals surface area contributed by atoms with Crippen LogP contribution in [0.1, 0.15) is 16.3 Å². The van der Waals surface area contributed by atoms with Gasteiger partial charge >= 0.3 is 0 Å². The van der Waals surface area contributed by atoms with Crippen LogP contribution in [0.3, 0.4) is 0 Å². The van der Waals surface area contributed by atoms with E-state index in [0.717, 1.165) is 12.1 Å². The van der Waals surface area contributed by atoms with Crippen LogP contribution in [-0.4, -0.2) is 25.3 Å². The Morgan fingerprint density at radius 2 is 1.79 bits per heavy atom. The number of amides is 1. The number of H-pyrrole nitrogens is 1. The molecule has 0 aliphatic rings. The van der Waals surface area contributed by atoms with Gasteiger partial charge in [0.1, 0.15) is 23.0 Å². The highest BCUT2D eigenvalue weighted by molar-refractivity contribution is 5.92. The van der Waals surface area contributed by atoms with Crippen LogP contribution < -0.4 is 11.1 Å². The van der Waals surface area contributed by atoms with Gasteiger partial charge in [-0.2, -0.15) is 0 Å². The molecule has 10 heteroatoms. The Bertz CT molecular complexity index is 1540. The first-order valence-electron chi connectivity index (χ1n) is 10.2. The summed E-state index contributed by atoms with van der Waals surface area (Å²) in [7, 11) is 0. The fourth-order valence-corrected chi connectivity index (χ4v) is 3.66. The van der Waals surface area contributed by atoms with Crippen LogP contribution in [0, 0.1) is 17.5 Å². The van der Waals surface area contributed by atoms with E-state index in [1.165, 1.54) is 22.7 Å². The topological polar surface area (TPSA) is 101 Å². The van der Waals surface area contributed by atoms with E-state index >= 15 is 0 Å². The molecule has 5 rings (SSSR count). The van der Waals surface area contributed by atoms with E-state index in [0.29, 0.717) is 39.7 Å².